The Bertz CT molecular complexity index is 4640. The predicted molar refractivity (Wildman–Crippen MR) is 327 cm³/mol. The summed E-state index contributed by atoms with van der Waals surface area (Å²) in [6.45, 7) is 0. The second-order valence-corrected chi connectivity index (χ2v) is 19.9. The number of para-hydroxylation sites is 3. The molecule has 15 aromatic rings. The van der Waals surface area contributed by atoms with E-state index in [9.17, 15) is 0 Å². The molecule has 366 valence electrons. The van der Waals surface area contributed by atoms with Crippen LogP contribution in [0.4, 0.5) is 34.1 Å². The van der Waals surface area contributed by atoms with Crippen LogP contribution >= 0.6 is 0 Å². The first-order valence-electron chi connectivity index (χ1n) is 26.6. The molecule has 0 unspecified atom stereocenters. The second kappa shape index (κ2) is 18.7. The summed E-state index contributed by atoms with van der Waals surface area (Å²) in [5, 5.41) is 8.90. The first-order valence-corrected chi connectivity index (χ1v) is 26.6. The van der Waals surface area contributed by atoms with E-state index in [0.717, 1.165) is 144 Å². The lowest BCUT2D eigenvalue weighted by molar-refractivity contribution is 0.672. The summed E-state index contributed by atoms with van der Waals surface area (Å²) < 4.78 is 14.2. The van der Waals surface area contributed by atoms with Crippen molar-refractivity contribution in [2.45, 2.75) is 0 Å². The second-order valence-electron chi connectivity index (χ2n) is 19.9. The van der Waals surface area contributed by atoms with Crippen molar-refractivity contribution in [1.29, 1.82) is 0 Å². The highest BCUT2D eigenvalue weighted by molar-refractivity contribution is 6.23. The van der Waals surface area contributed by atoms with Crippen LogP contribution in [-0.4, -0.2) is 0 Å². The van der Waals surface area contributed by atoms with Gasteiger partial charge in [-0.1, -0.05) is 218 Å². The van der Waals surface area contributed by atoms with Gasteiger partial charge >= 0.3 is 0 Å². The van der Waals surface area contributed by atoms with Crippen LogP contribution in [0.1, 0.15) is 0 Å². The topological polar surface area (TPSA) is 32.8 Å². The van der Waals surface area contributed by atoms with Crippen LogP contribution in [0, 0.1) is 0 Å². The van der Waals surface area contributed by atoms with Gasteiger partial charge in [0.25, 0.3) is 0 Å². The molecule has 0 fully saturated rings. The zero-order chi connectivity index (χ0) is 51.5. The number of hydrogen-bond acceptors (Lipinski definition) is 4. The van der Waals surface area contributed by atoms with Crippen molar-refractivity contribution < 1.29 is 8.83 Å². The summed E-state index contributed by atoms with van der Waals surface area (Å²) in [7, 11) is 0. The summed E-state index contributed by atoms with van der Waals surface area (Å²) in [6.07, 6.45) is 0. The normalized spacial score (nSPS) is 11.6. The molecule has 0 N–H and O–H groups in total. The molecular weight excluding hydrogens is 949 g/mol. The van der Waals surface area contributed by atoms with Gasteiger partial charge in [-0.2, -0.15) is 0 Å². The van der Waals surface area contributed by atoms with E-state index in [1.54, 1.807) is 0 Å². The Hall–Kier alpha value is -10.4. The third-order valence-electron chi connectivity index (χ3n) is 15.5. The van der Waals surface area contributed by atoms with E-state index in [2.05, 4.69) is 301 Å². The maximum atomic E-state index is 7.09. The van der Waals surface area contributed by atoms with Crippen molar-refractivity contribution in [1.82, 2.24) is 0 Å². The largest absolute Gasteiger partial charge is 0.453 e. The summed E-state index contributed by atoms with van der Waals surface area (Å²) in [5.41, 5.74) is 18.8. The lowest BCUT2D eigenvalue weighted by Gasteiger charge is -2.26. The highest BCUT2D eigenvalue weighted by Gasteiger charge is 2.25. The van der Waals surface area contributed by atoms with Gasteiger partial charge in [-0.3, -0.25) is 0 Å². The minimum atomic E-state index is 0.849. The molecule has 0 bridgehead atoms. The number of furan rings is 2. The predicted octanol–water partition coefficient (Wildman–Crippen LogP) is 21.4. The Kier molecular flexibility index (Phi) is 10.8. The van der Waals surface area contributed by atoms with Crippen LogP contribution in [0.5, 0.6) is 0 Å². The first kappa shape index (κ1) is 45.0. The minimum Gasteiger partial charge on any atom is -0.453 e. The van der Waals surface area contributed by atoms with Gasteiger partial charge in [0.1, 0.15) is 11.2 Å². The van der Waals surface area contributed by atoms with Crippen molar-refractivity contribution in [3.05, 3.63) is 291 Å². The highest BCUT2D eigenvalue weighted by Crippen LogP contribution is 2.49. The SMILES string of the molecule is c1ccc(-c2ccc(N(c3ccccc3)c3ccc(-c4ccc(-c5ccc(-c6ccc(N(c7ccccc7)c7ccccc7)c7oc8c9ccccc9ccc8c67)cc5)cc4)cc3)c3oc4c5ccccc5ccc4c23)cc1. The van der Waals surface area contributed by atoms with Crippen molar-refractivity contribution in [3.63, 3.8) is 0 Å². The molecule has 0 aliphatic heterocycles. The van der Waals surface area contributed by atoms with Gasteiger partial charge in [-0.05, 0) is 128 Å². The van der Waals surface area contributed by atoms with Gasteiger partial charge < -0.3 is 18.6 Å². The molecule has 0 atom stereocenters. The molecule has 0 aliphatic carbocycles. The Morgan fingerprint density at radius 2 is 0.526 bits per heavy atom. The number of hydrogen-bond donors (Lipinski definition) is 0. The van der Waals surface area contributed by atoms with Crippen LogP contribution in [-0.2, 0) is 0 Å². The summed E-state index contributed by atoms with van der Waals surface area (Å²) in [4.78, 5) is 4.61. The van der Waals surface area contributed by atoms with Gasteiger partial charge in [0, 0.05) is 55.1 Å². The van der Waals surface area contributed by atoms with Crippen LogP contribution in [0.3, 0.4) is 0 Å². The van der Waals surface area contributed by atoms with E-state index in [4.69, 9.17) is 8.83 Å². The van der Waals surface area contributed by atoms with Crippen molar-refractivity contribution in [2.24, 2.45) is 0 Å². The zero-order valence-corrected chi connectivity index (χ0v) is 42.4. The standard InChI is InChI=1S/C74H48N2O2/c1-5-17-53(18-6-1)61-45-47-68(74-69(61)65-43-39-54-19-13-15-27-63(54)71(65)78-74)76(59-25-11-4-12-26-59)60-41-37-52(38-42-60)50-31-29-49(30-32-50)51-33-35-56(36-34-51)62-46-48-67(75(57-21-7-2-8-22-57)58-23-9-3-10-24-58)73-70(62)66-44-40-55-20-14-16-28-64(55)72(66)77-73/h1-48H. The average molecular weight is 997 g/mol. The fourth-order valence-corrected chi connectivity index (χ4v) is 11.7. The molecule has 0 saturated carbocycles. The number of rotatable bonds is 10. The lowest BCUT2D eigenvalue weighted by Crippen LogP contribution is -2.10. The van der Waals surface area contributed by atoms with Crippen LogP contribution in [0.25, 0.3) is 110 Å². The molecule has 0 amide bonds. The van der Waals surface area contributed by atoms with Gasteiger partial charge in [-0.25, -0.2) is 0 Å². The van der Waals surface area contributed by atoms with E-state index in [1.165, 1.54) is 0 Å². The fraction of sp³-hybridized carbons (Fsp3) is 0. The molecular formula is C74H48N2O2. The third kappa shape index (κ3) is 7.61. The number of fused-ring (bicyclic) bond motifs is 10. The number of benzene rings is 13. The van der Waals surface area contributed by atoms with E-state index in [0.29, 0.717) is 0 Å². The fourth-order valence-electron chi connectivity index (χ4n) is 11.7. The molecule has 0 aliphatic rings. The number of anilines is 6. The Labute approximate surface area is 451 Å². The van der Waals surface area contributed by atoms with Gasteiger partial charge in [0.2, 0.25) is 0 Å². The molecule has 4 nitrogen and oxygen atoms in total. The monoisotopic (exact) mass is 996 g/mol. The van der Waals surface area contributed by atoms with Gasteiger partial charge in [-0.15, -0.1) is 0 Å². The molecule has 0 saturated heterocycles. The van der Waals surface area contributed by atoms with Crippen LogP contribution in [0.2, 0.25) is 0 Å². The number of nitrogens with zero attached hydrogens (tertiary/aromatic N) is 2. The van der Waals surface area contributed by atoms with E-state index < -0.39 is 0 Å². The minimum absolute atomic E-state index is 0.849. The van der Waals surface area contributed by atoms with Crippen LogP contribution in [0.15, 0.2) is 300 Å². The zero-order valence-electron chi connectivity index (χ0n) is 42.4. The molecule has 2 aromatic heterocycles. The summed E-state index contributed by atoms with van der Waals surface area (Å²) >= 11 is 0. The molecule has 15 rings (SSSR count). The molecule has 4 heteroatoms. The van der Waals surface area contributed by atoms with Gasteiger partial charge in [0.15, 0.2) is 11.2 Å². The third-order valence-corrected chi connectivity index (χ3v) is 15.5. The van der Waals surface area contributed by atoms with E-state index >= 15 is 0 Å². The average Bonchev–Trinajstić information content (AvgIpc) is 4.31. The highest BCUT2D eigenvalue weighted by atomic mass is 16.3. The molecule has 0 radical (unpaired) electrons. The maximum Gasteiger partial charge on any atom is 0.160 e. The summed E-state index contributed by atoms with van der Waals surface area (Å²) in [5.74, 6) is 0. The molecule has 78 heavy (non-hydrogen) atoms. The molecule has 2 heterocycles. The van der Waals surface area contributed by atoms with Crippen molar-refractivity contribution in [2.75, 3.05) is 9.80 Å². The van der Waals surface area contributed by atoms with E-state index in [1.807, 2.05) is 0 Å². The quantitative estimate of drug-likeness (QED) is 0.137. The summed E-state index contributed by atoms with van der Waals surface area (Å²) in [6, 6.07) is 104. The Balaban J connectivity index is 0.771. The molecule has 0 spiro atoms. The van der Waals surface area contributed by atoms with E-state index in [-0.39, 0.29) is 0 Å². The Morgan fingerprint density at radius 3 is 0.936 bits per heavy atom. The maximum absolute atomic E-state index is 7.09. The molecule has 13 aromatic carbocycles. The van der Waals surface area contributed by atoms with Crippen LogP contribution < -0.4 is 9.80 Å². The lowest BCUT2D eigenvalue weighted by atomic mass is 9.95. The van der Waals surface area contributed by atoms with Crippen molar-refractivity contribution >= 4 is 99.5 Å². The smallest absolute Gasteiger partial charge is 0.160 e. The van der Waals surface area contributed by atoms with Gasteiger partial charge in [0.05, 0.1) is 11.4 Å². The van der Waals surface area contributed by atoms with Crippen molar-refractivity contribution in [3.8, 4) is 44.5 Å². The first-order chi connectivity index (χ1) is 38.7. The Morgan fingerprint density at radius 1 is 0.205 bits per heavy atom.